The maximum Gasteiger partial charge on any atom is 0.266 e. The zero-order chi connectivity index (χ0) is 17.4. The summed E-state index contributed by atoms with van der Waals surface area (Å²) in [6.07, 6.45) is 0.232. The molecule has 0 unspecified atom stereocenters. The van der Waals surface area contributed by atoms with Crippen LogP contribution in [0.4, 0.5) is 0 Å². The summed E-state index contributed by atoms with van der Waals surface area (Å²) in [7, 11) is 0. The van der Waals surface area contributed by atoms with E-state index in [1.54, 1.807) is 15.9 Å². The van der Waals surface area contributed by atoms with Crippen molar-refractivity contribution < 1.29 is 4.79 Å². The molecule has 0 radical (unpaired) electrons. The van der Waals surface area contributed by atoms with Crippen LogP contribution in [0.15, 0.2) is 23.0 Å². The Morgan fingerprint density at radius 3 is 2.79 bits per heavy atom. The molecule has 7 heteroatoms. The van der Waals surface area contributed by atoms with Crippen LogP contribution in [0.3, 0.4) is 0 Å². The van der Waals surface area contributed by atoms with Gasteiger partial charge < -0.3 is 5.32 Å². The van der Waals surface area contributed by atoms with Gasteiger partial charge in [0.2, 0.25) is 5.91 Å². The molecule has 3 heterocycles. The first-order valence-electron chi connectivity index (χ1n) is 7.78. The van der Waals surface area contributed by atoms with Gasteiger partial charge in [-0.15, -0.1) is 11.3 Å². The molecular formula is C17H20N4O2S. The lowest BCUT2D eigenvalue weighted by atomic mass is 10.1. The molecule has 3 aromatic rings. The van der Waals surface area contributed by atoms with Gasteiger partial charge in [0.05, 0.1) is 12.5 Å². The molecule has 1 amide bonds. The Kier molecular flexibility index (Phi) is 4.28. The summed E-state index contributed by atoms with van der Waals surface area (Å²) in [4.78, 5) is 30.7. The Morgan fingerprint density at radius 1 is 1.38 bits per heavy atom. The molecule has 0 bridgehead atoms. The molecule has 0 aliphatic heterocycles. The van der Waals surface area contributed by atoms with Gasteiger partial charge in [-0.3, -0.25) is 14.7 Å². The van der Waals surface area contributed by atoms with Gasteiger partial charge in [-0.1, -0.05) is 0 Å². The van der Waals surface area contributed by atoms with E-state index in [2.05, 4.69) is 21.5 Å². The number of hydrogen-bond acceptors (Lipinski definition) is 4. The quantitative estimate of drug-likeness (QED) is 0.763. The summed E-state index contributed by atoms with van der Waals surface area (Å²) in [6, 6.07) is 5.52. The monoisotopic (exact) mass is 344 g/mol. The SMILES string of the molecule is Cc1ccc([C@H](C)NC(=O)Cc2c(C)nc3cc(=O)[nH]n3c2C)s1. The summed E-state index contributed by atoms with van der Waals surface area (Å²) in [5.74, 6) is -0.0598. The molecule has 24 heavy (non-hydrogen) atoms. The van der Waals surface area contributed by atoms with E-state index in [-0.39, 0.29) is 23.9 Å². The second-order valence-corrected chi connectivity index (χ2v) is 7.31. The van der Waals surface area contributed by atoms with Crippen molar-refractivity contribution in [3.8, 4) is 0 Å². The minimum Gasteiger partial charge on any atom is -0.348 e. The van der Waals surface area contributed by atoms with E-state index in [4.69, 9.17) is 0 Å². The molecule has 0 saturated heterocycles. The first-order chi connectivity index (χ1) is 11.3. The Balaban J connectivity index is 1.81. The van der Waals surface area contributed by atoms with Gasteiger partial charge >= 0.3 is 0 Å². The highest BCUT2D eigenvalue weighted by molar-refractivity contribution is 7.12. The number of thiophene rings is 1. The van der Waals surface area contributed by atoms with Crippen LogP contribution in [0, 0.1) is 20.8 Å². The summed E-state index contributed by atoms with van der Waals surface area (Å²) >= 11 is 1.68. The van der Waals surface area contributed by atoms with Crippen molar-refractivity contribution in [2.24, 2.45) is 0 Å². The van der Waals surface area contributed by atoms with Crippen LogP contribution in [-0.2, 0) is 11.2 Å². The second-order valence-electron chi connectivity index (χ2n) is 5.99. The average molecular weight is 344 g/mol. The van der Waals surface area contributed by atoms with Gasteiger partial charge in [0, 0.05) is 32.8 Å². The number of nitrogens with one attached hydrogen (secondary N) is 2. The molecule has 1 atom stereocenters. The van der Waals surface area contributed by atoms with Gasteiger partial charge in [-0.25, -0.2) is 9.50 Å². The van der Waals surface area contributed by atoms with Crippen molar-refractivity contribution >= 4 is 22.9 Å². The fourth-order valence-corrected chi connectivity index (χ4v) is 3.70. The minimum absolute atomic E-state index is 0.0279. The van der Waals surface area contributed by atoms with Crippen molar-refractivity contribution in [3.63, 3.8) is 0 Å². The molecule has 0 fully saturated rings. The van der Waals surface area contributed by atoms with E-state index < -0.39 is 0 Å². The van der Waals surface area contributed by atoms with Crippen LogP contribution in [-0.4, -0.2) is 20.5 Å². The lowest BCUT2D eigenvalue weighted by Gasteiger charge is -2.15. The maximum absolute atomic E-state index is 12.4. The number of amides is 1. The second kappa shape index (κ2) is 6.24. The third-order valence-corrected chi connectivity index (χ3v) is 5.29. The number of fused-ring (bicyclic) bond motifs is 1. The topological polar surface area (TPSA) is 79.3 Å². The highest BCUT2D eigenvalue weighted by Crippen LogP contribution is 2.22. The lowest BCUT2D eigenvalue weighted by Crippen LogP contribution is -2.28. The van der Waals surface area contributed by atoms with Crippen molar-refractivity contribution in [2.75, 3.05) is 0 Å². The molecule has 6 nitrogen and oxygen atoms in total. The Labute approximate surface area is 143 Å². The number of H-pyrrole nitrogens is 1. The number of carbonyl (C=O) groups excluding carboxylic acids is 1. The predicted molar refractivity (Wildman–Crippen MR) is 94.6 cm³/mol. The molecule has 0 aliphatic rings. The van der Waals surface area contributed by atoms with Crippen LogP contribution in [0.1, 0.15) is 39.7 Å². The van der Waals surface area contributed by atoms with Gasteiger partial charge in [-0.2, -0.15) is 0 Å². The molecule has 0 saturated carbocycles. The summed E-state index contributed by atoms with van der Waals surface area (Å²) in [6.45, 7) is 7.77. The number of aromatic nitrogens is 3. The van der Waals surface area contributed by atoms with Gasteiger partial charge in [0.1, 0.15) is 0 Å². The number of aromatic amines is 1. The van der Waals surface area contributed by atoms with Crippen molar-refractivity contribution in [1.82, 2.24) is 19.9 Å². The Hall–Kier alpha value is -2.41. The number of aryl methyl sites for hydroxylation is 3. The normalized spacial score (nSPS) is 12.5. The highest BCUT2D eigenvalue weighted by Gasteiger charge is 2.16. The fraction of sp³-hybridized carbons (Fsp3) is 0.353. The van der Waals surface area contributed by atoms with Gasteiger partial charge in [0.25, 0.3) is 5.56 Å². The first kappa shape index (κ1) is 16.4. The zero-order valence-corrected chi connectivity index (χ0v) is 15.0. The minimum atomic E-state index is -0.201. The van der Waals surface area contributed by atoms with Crippen molar-refractivity contribution in [1.29, 1.82) is 0 Å². The summed E-state index contributed by atoms with van der Waals surface area (Å²) in [5.41, 5.74) is 2.80. The number of rotatable bonds is 4. The Morgan fingerprint density at radius 2 is 2.12 bits per heavy atom. The molecular weight excluding hydrogens is 324 g/mol. The number of carbonyl (C=O) groups is 1. The third-order valence-electron chi connectivity index (χ3n) is 4.11. The Bertz CT molecular complexity index is 967. The molecule has 126 valence electrons. The standard InChI is InChI=1S/C17H20N4O2S/c1-9-5-6-14(24-9)11(3)19-16(22)7-13-10(2)18-15-8-17(23)20-21(15)12(13)4/h5-6,8,11H,7H2,1-4H3,(H,19,22)(H,20,23)/t11-/m0/s1. The van der Waals surface area contributed by atoms with Crippen molar-refractivity contribution in [3.05, 3.63) is 55.3 Å². The molecule has 3 rings (SSSR count). The van der Waals surface area contributed by atoms with Crippen LogP contribution in [0.2, 0.25) is 0 Å². The molecule has 0 aliphatic carbocycles. The van der Waals surface area contributed by atoms with Crippen LogP contribution in [0.25, 0.3) is 5.65 Å². The van der Waals surface area contributed by atoms with Crippen LogP contribution in [0.5, 0.6) is 0 Å². The lowest BCUT2D eigenvalue weighted by molar-refractivity contribution is -0.121. The zero-order valence-electron chi connectivity index (χ0n) is 14.1. The fourth-order valence-electron chi connectivity index (χ4n) is 2.82. The van der Waals surface area contributed by atoms with Crippen molar-refractivity contribution in [2.45, 2.75) is 40.2 Å². The van der Waals surface area contributed by atoms with E-state index in [0.29, 0.717) is 5.65 Å². The number of nitrogens with zero attached hydrogens (tertiary/aromatic N) is 2. The van der Waals surface area contributed by atoms with Crippen LogP contribution < -0.4 is 10.9 Å². The largest absolute Gasteiger partial charge is 0.348 e. The van der Waals surface area contributed by atoms with E-state index in [0.717, 1.165) is 21.8 Å². The molecule has 0 aromatic carbocycles. The molecule has 0 spiro atoms. The summed E-state index contributed by atoms with van der Waals surface area (Å²) in [5, 5.41) is 5.73. The van der Waals surface area contributed by atoms with Gasteiger partial charge in [-0.05, 0) is 39.8 Å². The maximum atomic E-state index is 12.4. The molecule has 3 aromatic heterocycles. The third kappa shape index (κ3) is 3.12. The van der Waals surface area contributed by atoms with E-state index in [1.807, 2.05) is 33.8 Å². The first-order valence-corrected chi connectivity index (χ1v) is 8.60. The molecule has 2 N–H and O–H groups in total. The number of hydrogen-bond donors (Lipinski definition) is 2. The van der Waals surface area contributed by atoms with Gasteiger partial charge in [0.15, 0.2) is 5.65 Å². The van der Waals surface area contributed by atoms with Crippen LogP contribution >= 0.6 is 11.3 Å². The smallest absolute Gasteiger partial charge is 0.266 e. The highest BCUT2D eigenvalue weighted by atomic mass is 32.1. The summed E-state index contributed by atoms with van der Waals surface area (Å²) < 4.78 is 1.63. The predicted octanol–water partition coefficient (Wildman–Crippen LogP) is 2.43. The van der Waals surface area contributed by atoms with E-state index in [9.17, 15) is 9.59 Å². The van der Waals surface area contributed by atoms with E-state index >= 15 is 0 Å². The van der Waals surface area contributed by atoms with E-state index in [1.165, 1.54) is 10.9 Å². The average Bonchev–Trinajstić information content (AvgIpc) is 3.09.